The van der Waals surface area contributed by atoms with Crippen molar-refractivity contribution < 1.29 is 8.78 Å². The molecule has 2 N–H and O–H groups in total. The Kier molecular flexibility index (Phi) is 2.51. The highest BCUT2D eigenvalue weighted by molar-refractivity contribution is 5.34. The maximum absolute atomic E-state index is 12.7. The summed E-state index contributed by atoms with van der Waals surface area (Å²) >= 11 is 0. The third-order valence-corrected chi connectivity index (χ3v) is 2.97. The highest BCUT2D eigenvalue weighted by Crippen LogP contribution is 2.37. The van der Waals surface area contributed by atoms with Gasteiger partial charge in [-0.1, -0.05) is 23.8 Å². The van der Waals surface area contributed by atoms with Gasteiger partial charge in [0, 0.05) is 11.1 Å². The molecule has 1 aliphatic rings. The van der Waals surface area contributed by atoms with Crippen molar-refractivity contribution in [3.05, 3.63) is 34.9 Å². The molecule has 0 heterocycles. The van der Waals surface area contributed by atoms with E-state index in [-0.39, 0.29) is 11.1 Å². The second kappa shape index (κ2) is 3.56. The predicted molar refractivity (Wildman–Crippen MR) is 56.0 cm³/mol. The van der Waals surface area contributed by atoms with Gasteiger partial charge in [0.1, 0.15) is 0 Å². The van der Waals surface area contributed by atoms with Crippen LogP contribution >= 0.6 is 0 Å². The molecule has 1 aromatic carbocycles. The summed E-state index contributed by atoms with van der Waals surface area (Å²) in [6.07, 6.45) is 0.0738. The Morgan fingerprint density at radius 1 is 1.40 bits per heavy atom. The molecule has 0 unspecified atom stereocenters. The molecule has 0 atom stereocenters. The van der Waals surface area contributed by atoms with Gasteiger partial charge in [-0.3, -0.25) is 0 Å². The van der Waals surface area contributed by atoms with E-state index in [0.717, 1.165) is 18.4 Å². The second-order valence-corrected chi connectivity index (χ2v) is 4.54. The van der Waals surface area contributed by atoms with E-state index in [1.807, 2.05) is 13.0 Å². The number of nitrogens with two attached hydrogens (primary N) is 1. The molecule has 0 saturated heterocycles. The van der Waals surface area contributed by atoms with Gasteiger partial charge in [0.15, 0.2) is 0 Å². The Bertz CT molecular complexity index is 370. The first-order chi connectivity index (χ1) is 7.00. The van der Waals surface area contributed by atoms with Gasteiger partial charge in [-0.25, -0.2) is 8.78 Å². The molecular formula is C12H15F2N. The van der Waals surface area contributed by atoms with Gasteiger partial charge in [0.25, 0.3) is 6.43 Å². The van der Waals surface area contributed by atoms with Crippen LogP contribution < -0.4 is 5.73 Å². The lowest BCUT2D eigenvalue weighted by atomic mass is 9.97. The van der Waals surface area contributed by atoms with Crippen molar-refractivity contribution >= 4 is 0 Å². The van der Waals surface area contributed by atoms with E-state index in [1.165, 1.54) is 6.07 Å². The Morgan fingerprint density at radius 2 is 2.07 bits per heavy atom. The van der Waals surface area contributed by atoms with Crippen molar-refractivity contribution in [2.45, 2.75) is 38.2 Å². The van der Waals surface area contributed by atoms with Crippen LogP contribution in [0.1, 0.15) is 36.0 Å². The van der Waals surface area contributed by atoms with Crippen LogP contribution in [0.4, 0.5) is 8.78 Å². The summed E-state index contributed by atoms with van der Waals surface area (Å²) in [4.78, 5) is 0. The minimum Gasteiger partial charge on any atom is -0.325 e. The third-order valence-electron chi connectivity index (χ3n) is 2.97. The maximum atomic E-state index is 12.7. The molecule has 82 valence electrons. The average Bonchev–Trinajstić information content (AvgIpc) is 2.82. The molecule has 0 bridgehead atoms. The van der Waals surface area contributed by atoms with E-state index in [0.29, 0.717) is 12.0 Å². The minimum atomic E-state index is -2.40. The van der Waals surface area contributed by atoms with Gasteiger partial charge in [0.05, 0.1) is 0 Å². The van der Waals surface area contributed by atoms with E-state index in [9.17, 15) is 8.78 Å². The zero-order chi connectivity index (χ0) is 11.1. The van der Waals surface area contributed by atoms with E-state index in [4.69, 9.17) is 5.73 Å². The number of rotatable bonds is 3. The molecule has 15 heavy (non-hydrogen) atoms. The van der Waals surface area contributed by atoms with Crippen LogP contribution in [0.25, 0.3) is 0 Å². The highest BCUT2D eigenvalue weighted by atomic mass is 19.3. The Hall–Kier alpha value is -0.960. The molecule has 1 fully saturated rings. The Morgan fingerprint density at radius 3 is 2.60 bits per heavy atom. The standard InChI is InChI=1S/C12H15F2N/c1-8-2-3-10(11(13)14)9(6-8)7-12(15)4-5-12/h2-3,6,11H,4-5,7,15H2,1H3. The minimum absolute atomic E-state index is 0.136. The first-order valence-electron chi connectivity index (χ1n) is 5.17. The number of halogens is 2. The summed E-state index contributed by atoms with van der Waals surface area (Å²) in [5, 5.41) is 0. The Balaban J connectivity index is 2.29. The molecule has 1 saturated carbocycles. The van der Waals surface area contributed by atoms with Crippen LogP contribution in [0.3, 0.4) is 0 Å². The van der Waals surface area contributed by atoms with Gasteiger partial charge in [-0.2, -0.15) is 0 Å². The second-order valence-electron chi connectivity index (χ2n) is 4.54. The molecule has 0 amide bonds. The largest absolute Gasteiger partial charge is 0.325 e. The molecule has 0 aliphatic heterocycles. The fourth-order valence-corrected chi connectivity index (χ4v) is 1.82. The summed E-state index contributed by atoms with van der Waals surface area (Å²) in [6, 6.07) is 5.07. The summed E-state index contributed by atoms with van der Waals surface area (Å²) < 4.78 is 25.4. The van der Waals surface area contributed by atoms with Crippen LogP contribution in [0.5, 0.6) is 0 Å². The van der Waals surface area contributed by atoms with Crippen molar-refractivity contribution in [2.24, 2.45) is 5.73 Å². The fraction of sp³-hybridized carbons (Fsp3) is 0.500. The zero-order valence-corrected chi connectivity index (χ0v) is 8.76. The quantitative estimate of drug-likeness (QED) is 0.817. The van der Waals surface area contributed by atoms with Crippen LogP contribution in [0.15, 0.2) is 18.2 Å². The predicted octanol–water partition coefficient (Wildman–Crippen LogP) is 2.97. The maximum Gasteiger partial charge on any atom is 0.264 e. The van der Waals surface area contributed by atoms with Crippen LogP contribution in [0, 0.1) is 6.92 Å². The number of hydrogen-bond donors (Lipinski definition) is 1. The Labute approximate surface area is 88.3 Å². The van der Waals surface area contributed by atoms with Crippen LogP contribution in [-0.2, 0) is 6.42 Å². The number of aryl methyl sites for hydroxylation is 1. The highest BCUT2D eigenvalue weighted by Gasteiger charge is 2.38. The summed E-state index contributed by atoms with van der Waals surface area (Å²) in [7, 11) is 0. The molecule has 0 aromatic heterocycles. The van der Waals surface area contributed by atoms with Crippen molar-refractivity contribution in [2.75, 3.05) is 0 Å². The van der Waals surface area contributed by atoms with Crippen molar-refractivity contribution in [1.29, 1.82) is 0 Å². The lowest BCUT2D eigenvalue weighted by Gasteiger charge is -2.13. The number of hydrogen-bond acceptors (Lipinski definition) is 1. The fourth-order valence-electron chi connectivity index (χ4n) is 1.82. The monoisotopic (exact) mass is 211 g/mol. The van der Waals surface area contributed by atoms with Crippen molar-refractivity contribution in [3.63, 3.8) is 0 Å². The lowest BCUT2D eigenvalue weighted by Crippen LogP contribution is -2.25. The van der Waals surface area contributed by atoms with Gasteiger partial charge < -0.3 is 5.73 Å². The molecular weight excluding hydrogens is 196 g/mol. The van der Waals surface area contributed by atoms with E-state index >= 15 is 0 Å². The molecule has 1 aromatic rings. The topological polar surface area (TPSA) is 26.0 Å². The van der Waals surface area contributed by atoms with Gasteiger partial charge in [0.2, 0.25) is 0 Å². The van der Waals surface area contributed by atoms with E-state index in [2.05, 4.69) is 0 Å². The van der Waals surface area contributed by atoms with Crippen LogP contribution in [0.2, 0.25) is 0 Å². The summed E-state index contributed by atoms with van der Waals surface area (Å²) in [5.41, 5.74) is 7.60. The summed E-state index contributed by atoms with van der Waals surface area (Å²) in [5.74, 6) is 0. The molecule has 1 nitrogen and oxygen atoms in total. The average molecular weight is 211 g/mol. The summed E-state index contributed by atoms with van der Waals surface area (Å²) in [6.45, 7) is 1.91. The SMILES string of the molecule is Cc1ccc(C(F)F)c(CC2(N)CC2)c1. The number of benzene rings is 1. The molecule has 3 heteroatoms. The van der Waals surface area contributed by atoms with Gasteiger partial charge in [-0.05, 0) is 31.7 Å². The smallest absolute Gasteiger partial charge is 0.264 e. The zero-order valence-electron chi connectivity index (χ0n) is 8.76. The first-order valence-corrected chi connectivity index (χ1v) is 5.17. The van der Waals surface area contributed by atoms with Crippen LogP contribution in [-0.4, -0.2) is 5.54 Å². The normalized spacial score (nSPS) is 18.2. The molecule has 1 aliphatic carbocycles. The first kappa shape index (κ1) is 10.6. The van der Waals surface area contributed by atoms with Gasteiger partial charge >= 0.3 is 0 Å². The third kappa shape index (κ3) is 2.34. The van der Waals surface area contributed by atoms with E-state index < -0.39 is 6.43 Å². The van der Waals surface area contributed by atoms with Crippen molar-refractivity contribution in [1.82, 2.24) is 0 Å². The lowest BCUT2D eigenvalue weighted by molar-refractivity contribution is 0.150. The molecule has 0 radical (unpaired) electrons. The van der Waals surface area contributed by atoms with Crippen molar-refractivity contribution in [3.8, 4) is 0 Å². The number of alkyl halides is 2. The molecule has 2 rings (SSSR count). The van der Waals surface area contributed by atoms with E-state index in [1.54, 1.807) is 6.07 Å². The molecule has 0 spiro atoms. The van der Waals surface area contributed by atoms with Gasteiger partial charge in [-0.15, -0.1) is 0 Å².